The van der Waals surface area contributed by atoms with Crippen molar-refractivity contribution >= 4 is 17.9 Å². The highest BCUT2D eigenvalue weighted by Gasteiger charge is 2.71. The number of carbonyl (C=O) groups is 3. The Morgan fingerprint density at radius 1 is 1.19 bits per heavy atom. The Morgan fingerprint density at radius 3 is 2.06 bits per heavy atom. The predicted molar refractivity (Wildman–Crippen MR) is 51.2 cm³/mol. The molecule has 0 aromatic heterocycles. The minimum Gasteiger partial charge on any atom is -0.468 e. The Kier molecular flexibility index (Phi) is 3.51. The number of esters is 3. The zero-order valence-corrected chi connectivity index (χ0v) is 9.44. The second-order valence-electron chi connectivity index (χ2n) is 3.46. The van der Waals surface area contributed by atoms with Crippen molar-refractivity contribution in [3.8, 4) is 0 Å². The van der Waals surface area contributed by atoms with Crippen molar-refractivity contribution in [2.24, 2.45) is 11.3 Å². The first-order chi connectivity index (χ1) is 7.54. The van der Waals surface area contributed by atoms with Crippen LogP contribution in [-0.4, -0.2) is 38.7 Å². The summed E-state index contributed by atoms with van der Waals surface area (Å²) >= 11 is 0. The molecule has 0 spiro atoms. The van der Waals surface area contributed by atoms with E-state index in [4.69, 9.17) is 4.74 Å². The zero-order valence-electron chi connectivity index (χ0n) is 9.44. The molecule has 0 saturated heterocycles. The van der Waals surface area contributed by atoms with Crippen LogP contribution in [0.3, 0.4) is 0 Å². The van der Waals surface area contributed by atoms with E-state index < -0.39 is 29.2 Å². The molecule has 1 unspecified atom stereocenters. The van der Waals surface area contributed by atoms with Crippen LogP contribution in [0.1, 0.15) is 13.3 Å². The highest BCUT2D eigenvalue weighted by molar-refractivity contribution is 6.08. The average Bonchev–Trinajstić information content (AvgIpc) is 3.04. The average molecular weight is 230 g/mol. The molecule has 0 radical (unpaired) electrons. The fourth-order valence-electron chi connectivity index (χ4n) is 1.69. The van der Waals surface area contributed by atoms with Crippen molar-refractivity contribution < 1.29 is 28.6 Å². The molecule has 1 aliphatic rings. The molecule has 0 N–H and O–H groups in total. The van der Waals surface area contributed by atoms with Crippen molar-refractivity contribution in [3.05, 3.63) is 0 Å². The third-order valence-electron chi connectivity index (χ3n) is 2.63. The SMILES string of the molecule is CCOC(=O)C1CC1(C(=O)OC)C(=O)OC. The first-order valence-electron chi connectivity index (χ1n) is 4.88. The maximum atomic E-state index is 11.5. The summed E-state index contributed by atoms with van der Waals surface area (Å²) in [6.45, 7) is 1.85. The van der Waals surface area contributed by atoms with Crippen molar-refractivity contribution in [1.29, 1.82) is 0 Å². The molecule has 1 aliphatic carbocycles. The summed E-state index contributed by atoms with van der Waals surface area (Å²) in [7, 11) is 2.32. The number of methoxy groups -OCH3 is 2. The Bertz CT molecular complexity index is 305. The van der Waals surface area contributed by atoms with Crippen molar-refractivity contribution in [1.82, 2.24) is 0 Å². The molecule has 6 nitrogen and oxygen atoms in total. The lowest BCUT2D eigenvalue weighted by atomic mass is 10.0. The Morgan fingerprint density at radius 2 is 1.69 bits per heavy atom. The van der Waals surface area contributed by atoms with E-state index in [0.717, 1.165) is 14.2 Å². The van der Waals surface area contributed by atoms with E-state index in [-0.39, 0.29) is 13.0 Å². The summed E-state index contributed by atoms with van der Waals surface area (Å²) in [5.41, 5.74) is -1.49. The van der Waals surface area contributed by atoms with Gasteiger partial charge in [-0.25, -0.2) is 0 Å². The first-order valence-corrected chi connectivity index (χ1v) is 4.88. The third kappa shape index (κ3) is 1.75. The molecule has 0 heterocycles. The lowest BCUT2D eigenvalue weighted by Gasteiger charge is -2.11. The molecule has 6 heteroatoms. The molecule has 0 aliphatic heterocycles. The van der Waals surface area contributed by atoms with Crippen LogP contribution in [0.4, 0.5) is 0 Å². The third-order valence-corrected chi connectivity index (χ3v) is 2.63. The standard InChI is InChI=1S/C10H14O6/c1-4-16-7(11)6-5-10(6,8(12)14-2)9(13)15-3/h6H,4-5H2,1-3H3. The highest BCUT2D eigenvalue weighted by Crippen LogP contribution is 2.55. The molecule has 16 heavy (non-hydrogen) atoms. The molecule has 1 fully saturated rings. The van der Waals surface area contributed by atoms with Gasteiger partial charge in [0, 0.05) is 0 Å². The van der Waals surface area contributed by atoms with Gasteiger partial charge in [0.2, 0.25) is 0 Å². The molecule has 1 atom stereocenters. The Balaban J connectivity index is 2.84. The smallest absolute Gasteiger partial charge is 0.324 e. The Hall–Kier alpha value is -1.59. The van der Waals surface area contributed by atoms with Crippen molar-refractivity contribution in [2.45, 2.75) is 13.3 Å². The van der Waals surface area contributed by atoms with Gasteiger partial charge >= 0.3 is 17.9 Å². The predicted octanol–water partition coefficient (Wildman–Crippen LogP) is -0.0982. The zero-order chi connectivity index (χ0) is 12.3. The van der Waals surface area contributed by atoms with Gasteiger partial charge in [0.1, 0.15) is 0 Å². The van der Waals surface area contributed by atoms with Gasteiger partial charge in [0.15, 0.2) is 5.41 Å². The molecule has 0 aromatic rings. The van der Waals surface area contributed by atoms with E-state index in [0.29, 0.717) is 0 Å². The molecular formula is C10H14O6. The van der Waals surface area contributed by atoms with Crippen LogP contribution in [0, 0.1) is 11.3 Å². The number of ether oxygens (including phenoxy) is 3. The summed E-state index contributed by atoms with van der Waals surface area (Å²) in [6.07, 6.45) is 0.0885. The minimum atomic E-state index is -1.49. The quantitative estimate of drug-likeness (QED) is 0.381. The lowest BCUT2D eigenvalue weighted by Crippen LogP contribution is -2.32. The van der Waals surface area contributed by atoms with Gasteiger partial charge < -0.3 is 14.2 Å². The molecule has 1 rings (SSSR count). The Labute approximate surface area is 92.8 Å². The highest BCUT2D eigenvalue weighted by atomic mass is 16.6. The van der Waals surface area contributed by atoms with Gasteiger partial charge in [0.25, 0.3) is 0 Å². The number of hydrogen-bond donors (Lipinski definition) is 0. The molecule has 0 bridgehead atoms. The fourth-order valence-corrected chi connectivity index (χ4v) is 1.69. The topological polar surface area (TPSA) is 78.9 Å². The van der Waals surface area contributed by atoms with E-state index in [1.165, 1.54) is 0 Å². The van der Waals surface area contributed by atoms with Gasteiger partial charge in [-0.2, -0.15) is 0 Å². The van der Waals surface area contributed by atoms with E-state index in [9.17, 15) is 14.4 Å². The van der Waals surface area contributed by atoms with Crippen LogP contribution >= 0.6 is 0 Å². The number of carbonyl (C=O) groups excluding carboxylic acids is 3. The molecular weight excluding hydrogens is 216 g/mol. The van der Waals surface area contributed by atoms with Crippen LogP contribution in [0.5, 0.6) is 0 Å². The summed E-state index contributed by atoms with van der Waals surface area (Å²) in [5, 5.41) is 0. The second kappa shape index (κ2) is 4.51. The lowest BCUT2D eigenvalue weighted by molar-refractivity contribution is -0.165. The number of hydrogen-bond acceptors (Lipinski definition) is 6. The summed E-state index contributed by atoms with van der Waals surface area (Å²) in [4.78, 5) is 34.4. The summed E-state index contributed by atoms with van der Waals surface area (Å²) in [6, 6.07) is 0. The molecule has 1 saturated carbocycles. The fraction of sp³-hybridized carbons (Fsp3) is 0.700. The van der Waals surface area contributed by atoms with E-state index in [1.54, 1.807) is 6.92 Å². The molecule has 0 aromatic carbocycles. The molecule has 90 valence electrons. The van der Waals surface area contributed by atoms with E-state index in [2.05, 4.69) is 9.47 Å². The second-order valence-corrected chi connectivity index (χ2v) is 3.46. The van der Waals surface area contributed by atoms with Gasteiger partial charge in [0.05, 0.1) is 26.7 Å². The van der Waals surface area contributed by atoms with Crippen LogP contribution in [0.2, 0.25) is 0 Å². The van der Waals surface area contributed by atoms with Gasteiger partial charge in [-0.3, -0.25) is 14.4 Å². The van der Waals surface area contributed by atoms with E-state index >= 15 is 0 Å². The summed E-state index contributed by atoms with van der Waals surface area (Å²) in [5.74, 6) is -2.86. The van der Waals surface area contributed by atoms with Crippen LogP contribution in [-0.2, 0) is 28.6 Å². The van der Waals surface area contributed by atoms with Gasteiger partial charge in [-0.1, -0.05) is 0 Å². The monoisotopic (exact) mass is 230 g/mol. The molecule has 0 amide bonds. The van der Waals surface area contributed by atoms with Crippen LogP contribution < -0.4 is 0 Å². The van der Waals surface area contributed by atoms with Gasteiger partial charge in [-0.05, 0) is 13.3 Å². The number of rotatable bonds is 4. The normalized spacial score (nSPS) is 20.8. The van der Waals surface area contributed by atoms with E-state index in [1.807, 2.05) is 0 Å². The maximum absolute atomic E-state index is 11.5. The van der Waals surface area contributed by atoms with Crippen LogP contribution in [0.25, 0.3) is 0 Å². The maximum Gasteiger partial charge on any atom is 0.324 e. The van der Waals surface area contributed by atoms with Crippen LogP contribution in [0.15, 0.2) is 0 Å². The van der Waals surface area contributed by atoms with Crippen molar-refractivity contribution in [3.63, 3.8) is 0 Å². The first kappa shape index (κ1) is 12.5. The minimum absolute atomic E-state index is 0.0885. The summed E-state index contributed by atoms with van der Waals surface area (Å²) < 4.78 is 13.8. The van der Waals surface area contributed by atoms with Gasteiger partial charge in [-0.15, -0.1) is 0 Å². The largest absolute Gasteiger partial charge is 0.468 e. The van der Waals surface area contributed by atoms with Crippen molar-refractivity contribution in [2.75, 3.05) is 20.8 Å².